The summed E-state index contributed by atoms with van der Waals surface area (Å²) in [7, 11) is 1.58. The maximum absolute atomic E-state index is 11.1. The van der Waals surface area contributed by atoms with E-state index in [1.807, 2.05) is 6.92 Å². The molecule has 0 aliphatic rings. The number of nitrogens with one attached hydrogen (secondary N) is 1. The van der Waals surface area contributed by atoms with Crippen molar-refractivity contribution < 1.29 is 4.79 Å². The summed E-state index contributed by atoms with van der Waals surface area (Å²) in [5.74, 6) is 0.313. The van der Waals surface area contributed by atoms with E-state index in [2.05, 4.69) is 10.3 Å². The second-order valence-corrected chi connectivity index (χ2v) is 2.51. The molecule has 0 saturated heterocycles. The predicted molar refractivity (Wildman–Crippen MR) is 46.8 cm³/mol. The van der Waals surface area contributed by atoms with Crippen molar-refractivity contribution in [3.05, 3.63) is 23.4 Å². The van der Waals surface area contributed by atoms with Crippen LogP contribution in [0.3, 0.4) is 0 Å². The Morgan fingerprint density at radius 2 is 2.33 bits per heavy atom. The van der Waals surface area contributed by atoms with Gasteiger partial charge in [0.25, 0.3) is 5.91 Å². The number of aromatic nitrogens is 1. The molecule has 0 aromatic carbocycles. The summed E-state index contributed by atoms with van der Waals surface area (Å²) in [5, 5.41) is 2.51. The zero-order chi connectivity index (χ0) is 9.14. The molecule has 0 fully saturated rings. The first-order valence-corrected chi connectivity index (χ1v) is 3.59. The third-order valence-corrected chi connectivity index (χ3v) is 1.61. The first-order chi connectivity index (χ1) is 5.65. The summed E-state index contributed by atoms with van der Waals surface area (Å²) in [6.45, 7) is 1.81. The highest BCUT2D eigenvalue weighted by molar-refractivity contribution is 5.94. The number of carbonyl (C=O) groups excluding carboxylic acids is 1. The van der Waals surface area contributed by atoms with Crippen LogP contribution in [0.15, 0.2) is 12.3 Å². The zero-order valence-corrected chi connectivity index (χ0v) is 7.09. The van der Waals surface area contributed by atoms with Crippen LogP contribution in [0.1, 0.15) is 15.9 Å². The van der Waals surface area contributed by atoms with Crippen molar-refractivity contribution >= 4 is 11.7 Å². The van der Waals surface area contributed by atoms with Crippen LogP contribution in [-0.2, 0) is 0 Å². The van der Waals surface area contributed by atoms with Gasteiger partial charge in [0.1, 0.15) is 5.82 Å². The maximum atomic E-state index is 11.1. The number of hydrogen-bond donors (Lipinski definition) is 2. The van der Waals surface area contributed by atoms with Crippen LogP contribution in [0, 0.1) is 6.92 Å². The van der Waals surface area contributed by atoms with Crippen molar-refractivity contribution in [2.75, 3.05) is 12.8 Å². The Morgan fingerprint density at radius 1 is 1.67 bits per heavy atom. The van der Waals surface area contributed by atoms with E-state index >= 15 is 0 Å². The Balaban J connectivity index is 3.05. The van der Waals surface area contributed by atoms with Gasteiger partial charge in [0.05, 0.1) is 5.56 Å². The quantitative estimate of drug-likeness (QED) is 0.630. The number of carbonyl (C=O) groups is 1. The van der Waals surface area contributed by atoms with Crippen LogP contribution in [0.5, 0.6) is 0 Å². The predicted octanol–water partition coefficient (Wildman–Crippen LogP) is 0.332. The van der Waals surface area contributed by atoms with Gasteiger partial charge < -0.3 is 11.1 Å². The van der Waals surface area contributed by atoms with Crippen LogP contribution >= 0.6 is 0 Å². The van der Waals surface area contributed by atoms with Crippen molar-refractivity contribution in [3.8, 4) is 0 Å². The molecule has 0 saturated carbocycles. The molecule has 4 heteroatoms. The van der Waals surface area contributed by atoms with E-state index in [-0.39, 0.29) is 5.91 Å². The number of nitrogens with zero attached hydrogens (tertiary/aromatic N) is 1. The molecule has 4 nitrogen and oxygen atoms in total. The lowest BCUT2D eigenvalue weighted by Crippen LogP contribution is -2.18. The van der Waals surface area contributed by atoms with Crippen molar-refractivity contribution in [1.29, 1.82) is 0 Å². The topological polar surface area (TPSA) is 68.0 Å². The smallest absolute Gasteiger partial charge is 0.252 e. The van der Waals surface area contributed by atoms with Crippen molar-refractivity contribution in [2.24, 2.45) is 0 Å². The van der Waals surface area contributed by atoms with E-state index in [0.29, 0.717) is 11.4 Å². The lowest BCUT2D eigenvalue weighted by Gasteiger charge is -2.01. The van der Waals surface area contributed by atoms with E-state index in [9.17, 15) is 4.79 Å². The van der Waals surface area contributed by atoms with Gasteiger partial charge in [-0.15, -0.1) is 0 Å². The van der Waals surface area contributed by atoms with Crippen molar-refractivity contribution in [2.45, 2.75) is 6.92 Å². The van der Waals surface area contributed by atoms with Gasteiger partial charge in [-0.3, -0.25) is 4.79 Å². The summed E-state index contributed by atoms with van der Waals surface area (Å²) in [6.07, 6.45) is 1.46. The molecule has 12 heavy (non-hydrogen) atoms. The van der Waals surface area contributed by atoms with Gasteiger partial charge in [-0.1, -0.05) is 0 Å². The molecule has 0 aliphatic heterocycles. The molecule has 0 aliphatic carbocycles. The second kappa shape index (κ2) is 3.21. The number of hydrogen-bond acceptors (Lipinski definition) is 3. The standard InChI is InChI=1S/C8H11N3O/c1-5-3-6(8(12)10-2)4-11-7(5)9/h3-4H,1-2H3,(H2,9,11)(H,10,12). The molecule has 1 aromatic rings. The van der Waals surface area contributed by atoms with Gasteiger partial charge in [-0.05, 0) is 18.6 Å². The van der Waals surface area contributed by atoms with Gasteiger partial charge in [-0.2, -0.15) is 0 Å². The van der Waals surface area contributed by atoms with Gasteiger partial charge in [0.2, 0.25) is 0 Å². The number of pyridine rings is 1. The lowest BCUT2D eigenvalue weighted by atomic mass is 10.2. The van der Waals surface area contributed by atoms with Crippen LogP contribution in [0.25, 0.3) is 0 Å². The molecular formula is C8H11N3O. The number of amides is 1. The number of nitrogen functional groups attached to an aromatic ring is 1. The minimum Gasteiger partial charge on any atom is -0.383 e. The fraction of sp³-hybridized carbons (Fsp3) is 0.250. The maximum Gasteiger partial charge on any atom is 0.252 e. The SMILES string of the molecule is CNC(=O)c1cnc(N)c(C)c1. The molecule has 0 atom stereocenters. The molecule has 0 bridgehead atoms. The number of anilines is 1. The van der Waals surface area contributed by atoms with E-state index in [0.717, 1.165) is 5.56 Å². The number of rotatable bonds is 1. The summed E-state index contributed by atoms with van der Waals surface area (Å²) in [6, 6.07) is 1.71. The Labute approximate surface area is 70.8 Å². The third-order valence-electron chi connectivity index (χ3n) is 1.61. The van der Waals surface area contributed by atoms with E-state index in [4.69, 9.17) is 5.73 Å². The van der Waals surface area contributed by atoms with Crippen molar-refractivity contribution in [3.63, 3.8) is 0 Å². The first-order valence-electron chi connectivity index (χ1n) is 3.59. The van der Waals surface area contributed by atoms with Crippen LogP contribution in [0.2, 0.25) is 0 Å². The normalized spacial score (nSPS) is 9.50. The largest absolute Gasteiger partial charge is 0.383 e. The van der Waals surface area contributed by atoms with Crippen LogP contribution in [-0.4, -0.2) is 17.9 Å². The van der Waals surface area contributed by atoms with Gasteiger partial charge in [0, 0.05) is 13.2 Å². The summed E-state index contributed by atoms with van der Waals surface area (Å²) in [4.78, 5) is 14.9. The molecule has 1 aromatic heterocycles. The Morgan fingerprint density at radius 3 is 2.83 bits per heavy atom. The van der Waals surface area contributed by atoms with E-state index in [1.54, 1.807) is 13.1 Å². The molecule has 1 heterocycles. The van der Waals surface area contributed by atoms with Gasteiger partial charge in [0.15, 0.2) is 0 Å². The Kier molecular flexibility index (Phi) is 2.28. The number of nitrogens with two attached hydrogens (primary N) is 1. The Hall–Kier alpha value is -1.58. The highest BCUT2D eigenvalue weighted by Gasteiger charge is 2.04. The monoisotopic (exact) mass is 165 g/mol. The van der Waals surface area contributed by atoms with E-state index < -0.39 is 0 Å². The fourth-order valence-corrected chi connectivity index (χ4v) is 0.854. The average molecular weight is 165 g/mol. The fourth-order valence-electron chi connectivity index (χ4n) is 0.854. The zero-order valence-electron chi connectivity index (χ0n) is 7.09. The van der Waals surface area contributed by atoms with Gasteiger partial charge >= 0.3 is 0 Å². The molecule has 1 amide bonds. The molecule has 3 N–H and O–H groups in total. The summed E-state index contributed by atoms with van der Waals surface area (Å²) >= 11 is 0. The minimum atomic E-state index is -0.148. The highest BCUT2D eigenvalue weighted by atomic mass is 16.1. The first kappa shape index (κ1) is 8.52. The molecule has 0 unspecified atom stereocenters. The molecule has 0 spiro atoms. The second-order valence-electron chi connectivity index (χ2n) is 2.51. The van der Waals surface area contributed by atoms with Gasteiger partial charge in [-0.25, -0.2) is 4.98 Å². The molecule has 1 rings (SSSR count). The number of aryl methyl sites for hydroxylation is 1. The minimum absolute atomic E-state index is 0.148. The molecular weight excluding hydrogens is 154 g/mol. The molecule has 64 valence electrons. The van der Waals surface area contributed by atoms with E-state index in [1.165, 1.54) is 6.20 Å². The highest BCUT2D eigenvalue weighted by Crippen LogP contribution is 2.08. The van der Waals surface area contributed by atoms with Crippen LogP contribution in [0.4, 0.5) is 5.82 Å². The average Bonchev–Trinajstić information content (AvgIpc) is 2.08. The summed E-state index contributed by atoms with van der Waals surface area (Å²) in [5.41, 5.74) is 6.83. The lowest BCUT2D eigenvalue weighted by molar-refractivity contribution is 0.0962. The Bertz CT molecular complexity index is 309. The third kappa shape index (κ3) is 1.53. The van der Waals surface area contributed by atoms with Crippen molar-refractivity contribution in [1.82, 2.24) is 10.3 Å². The molecule has 0 radical (unpaired) electrons. The summed E-state index contributed by atoms with van der Waals surface area (Å²) < 4.78 is 0. The van der Waals surface area contributed by atoms with Crippen LogP contribution < -0.4 is 11.1 Å².